The van der Waals surface area contributed by atoms with Crippen LogP contribution in [0.2, 0.25) is 5.15 Å². The van der Waals surface area contributed by atoms with E-state index < -0.39 is 0 Å². The first-order chi connectivity index (χ1) is 17.2. The predicted molar refractivity (Wildman–Crippen MR) is 145 cm³/mol. The normalized spacial score (nSPS) is 12.4. The second-order valence-corrected chi connectivity index (χ2v) is 9.49. The fourth-order valence-corrected chi connectivity index (χ4v) is 5.01. The van der Waals surface area contributed by atoms with Crippen LogP contribution >= 0.6 is 11.6 Å². The van der Waals surface area contributed by atoms with Gasteiger partial charge in [-0.05, 0) is 56.2 Å². The Hall–Kier alpha value is -3.91. The van der Waals surface area contributed by atoms with E-state index in [-0.39, 0.29) is 17.2 Å². The Bertz CT molecular complexity index is 1770. The number of halogens is 1. The Morgan fingerprint density at radius 1 is 1.08 bits per heavy atom. The zero-order valence-corrected chi connectivity index (χ0v) is 21.6. The third-order valence-electron chi connectivity index (χ3n) is 6.61. The second-order valence-electron chi connectivity index (χ2n) is 9.10. The molecule has 1 atom stereocenters. The summed E-state index contributed by atoms with van der Waals surface area (Å²) in [6.45, 7) is 6.72. The van der Waals surface area contributed by atoms with Crippen LogP contribution in [0.25, 0.3) is 33.1 Å². The van der Waals surface area contributed by atoms with E-state index in [4.69, 9.17) is 11.6 Å². The maximum atomic E-state index is 13.4. The zero-order chi connectivity index (χ0) is 25.7. The third-order valence-corrected chi connectivity index (χ3v) is 6.82. The molecule has 0 aliphatic heterocycles. The van der Waals surface area contributed by atoms with E-state index in [1.165, 1.54) is 10.6 Å². The van der Waals surface area contributed by atoms with Gasteiger partial charge in [-0.15, -0.1) is 0 Å². The quantitative estimate of drug-likeness (QED) is 0.349. The van der Waals surface area contributed by atoms with Crippen LogP contribution in [0.5, 0.6) is 0 Å². The lowest BCUT2D eigenvalue weighted by Crippen LogP contribution is -2.20. The summed E-state index contributed by atoms with van der Waals surface area (Å²) >= 11 is 6.25. The Kier molecular flexibility index (Phi) is 5.92. The minimum Gasteiger partial charge on any atom is -0.377 e. The lowest BCUT2D eigenvalue weighted by Gasteiger charge is -2.21. The molecular formula is C27H27ClN6O2. The highest BCUT2D eigenvalue weighted by molar-refractivity contribution is 6.29. The van der Waals surface area contributed by atoms with Crippen LogP contribution in [0.15, 0.2) is 58.4 Å². The van der Waals surface area contributed by atoms with Gasteiger partial charge >= 0.3 is 0 Å². The number of hydrogen-bond donors (Lipinski definition) is 1. The highest BCUT2D eigenvalue weighted by Gasteiger charge is 2.20. The summed E-state index contributed by atoms with van der Waals surface area (Å²) in [5.74, 6) is 0. The van der Waals surface area contributed by atoms with E-state index in [0.717, 1.165) is 38.8 Å². The molecule has 1 aromatic carbocycles. The molecule has 4 heterocycles. The van der Waals surface area contributed by atoms with Crippen LogP contribution < -0.4 is 16.4 Å². The highest BCUT2D eigenvalue weighted by atomic mass is 35.5. The molecule has 1 N–H and O–H groups in total. The zero-order valence-electron chi connectivity index (χ0n) is 20.8. The Morgan fingerprint density at radius 3 is 2.58 bits per heavy atom. The number of pyridine rings is 3. The van der Waals surface area contributed by atoms with E-state index in [9.17, 15) is 9.59 Å². The molecule has 184 valence electrons. The number of benzene rings is 1. The largest absolute Gasteiger partial charge is 0.377 e. The van der Waals surface area contributed by atoms with Gasteiger partial charge in [-0.3, -0.25) is 14.2 Å². The van der Waals surface area contributed by atoms with Gasteiger partial charge in [0.1, 0.15) is 10.8 Å². The molecule has 0 radical (unpaired) electrons. The predicted octanol–water partition coefficient (Wildman–Crippen LogP) is 4.80. The molecule has 0 spiro atoms. The standard InChI is InChI=1S/C27H27ClN6O2/c1-6-34-26-20(13-29-34)24-18(11-15(2)12-19(24)27(36)33(26)5)16(3)30-21-8-9-22(28)31-25(21)17-7-10-23(35)32(4)14-17/h7-14,16,30H,6H2,1-5H3. The number of anilines is 1. The van der Waals surface area contributed by atoms with Gasteiger partial charge in [-0.2, -0.15) is 5.10 Å². The average molecular weight is 503 g/mol. The van der Waals surface area contributed by atoms with Gasteiger partial charge in [0.15, 0.2) is 0 Å². The van der Waals surface area contributed by atoms with Crippen molar-refractivity contribution in [3.8, 4) is 11.3 Å². The molecule has 0 aliphatic rings. The van der Waals surface area contributed by atoms with Gasteiger partial charge in [-0.1, -0.05) is 17.7 Å². The SMILES string of the molecule is CCn1ncc2c3c(C(C)Nc4ccc(Cl)nc4-c4ccc(=O)n(C)c4)cc(C)cc3c(=O)n(C)c21. The molecule has 4 aromatic heterocycles. The number of aromatic nitrogens is 5. The van der Waals surface area contributed by atoms with E-state index in [2.05, 4.69) is 28.4 Å². The van der Waals surface area contributed by atoms with Crippen LogP contribution in [0.4, 0.5) is 5.69 Å². The molecule has 5 aromatic rings. The van der Waals surface area contributed by atoms with Crippen LogP contribution in [-0.4, -0.2) is 23.9 Å². The highest BCUT2D eigenvalue weighted by Crippen LogP contribution is 2.35. The second kappa shape index (κ2) is 8.95. The summed E-state index contributed by atoms with van der Waals surface area (Å²) in [7, 11) is 3.49. The van der Waals surface area contributed by atoms with Gasteiger partial charge < -0.3 is 9.88 Å². The minimum atomic E-state index is -0.179. The molecule has 0 aliphatic carbocycles. The fourth-order valence-electron chi connectivity index (χ4n) is 4.86. The van der Waals surface area contributed by atoms with Gasteiger partial charge in [0.2, 0.25) is 5.56 Å². The van der Waals surface area contributed by atoms with E-state index >= 15 is 0 Å². The van der Waals surface area contributed by atoms with Crippen LogP contribution in [0.3, 0.4) is 0 Å². The Balaban J connectivity index is 1.69. The first kappa shape index (κ1) is 23.8. The van der Waals surface area contributed by atoms with Crippen molar-refractivity contribution in [1.29, 1.82) is 0 Å². The van der Waals surface area contributed by atoms with Crippen molar-refractivity contribution in [3.05, 3.63) is 85.8 Å². The molecule has 0 amide bonds. The summed E-state index contributed by atoms with van der Waals surface area (Å²) in [6.07, 6.45) is 3.58. The Morgan fingerprint density at radius 2 is 1.86 bits per heavy atom. The van der Waals surface area contributed by atoms with E-state index in [1.807, 2.05) is 36.9 Å². The molecule has 1 unspecified atom stereocenters. The van der Waals surface area contributed by atoms with Crippen molar-refractivity contribution >= 4 is 39.1 Å². The summed E-state index contributed by atoms with van der Waals surface area (Å²) in [4.78, 5) is 29.9. The van der Waals surface area contributed by atoms with Crippen molar-refractivity contribution in [3.63, 3.8) is 0 Å². The number of nitrogens with one attached hydrogen (secondary N) is 1. The van der Waals surface area contributed by atoms with Crippen LogP contribution in [0, 0.1) is 6.92 Å². The minimum absolute atomic E-state index is 0.0519. The van der Waals surface area contributed by atoms with Crippen molar-refractivity contribution in [2.24, 2.45) is 14.1 Å². The van der Waals surface area contributed by atoms with Crippen molar-refractivity contribution in [2.45, 2.75) is 33.4 Å². The summed E-state index contributed by atoms with van der Waals surface area (Å²) in [5.41, 5.74) is 4.81. The number of aryl methyl sites for hydroxylation is 4. The van der Waals surface area contributed by atoms with E-state index in [0.29, 0.717) is 22.8 Å². The summed E-state index contributed by atoms with van der Waals surface area (Å²) in [5, 5.41) is 11.0. The maximum Gasteiger partial charge on any atom is 0.259 e. The third kappa shape index (κ3) is 3.87. The smallest absolute Gasteiger partial charge is 0.259 e. The summed E-state index contributed by atoms with van der Waals surface area (Å²) in [6, 6.07) is 10.7. The van der Waals surface area contributed by atoms with Gasteiger partial charge in [0.25, 0.3) is 5.56 Å². The van der Waals surface area contributed by atoms with Gasteiger partial charge in [-0.25, -0.2) is 9.67 Å². The van der Waals surface area contributed by atoms with Crippen molar-refractivity contribution < 1.29 is 0 Å². The molecular weight excluding hydrogens is 476 g/mol. The fraction of sp³-hybridized carbons (Fsp3) is 0.259. The van der Waals surface area contributed by atoms with Gasteiger partial charge in [0, 0.05) is 60.7 Å². The Labute approximate surface area is 212 Å². The van der Waals surface area contributed by atoms with Crippen LogP contribution in [-0.2, 0) is 20.6 Å². The number of fused-ring (bicyclic) bond motifs is 3. The molecule has 0 saturated carbocycles. The monoisotopic (exact) mass is 502 g/mol. The molecule has 36 heavy (non-hydrogen) atoms. The van der Waals surface area contributed by atoms with Crippen LogP contribution in [0.1, 0.15) is 31.0 Å². The number of rotatable bonds is 5. The molecule has 0 bridgehead atoms. The van der Waals surface area contributed by atoms with Gasteiger partial charge in [0.05, 0.1) is 17.6 Å². The average Bonchev–Trinajstić information content (AvgIpc) is 3.29. The molecule has 0 fully saturated rings. The lowest BCUT2D eigenvalue weighted by atomic mass is 9.95. The number of nitrogens with zero attached hydrogens (tertiary/aromatic N) is 5. The molecule has 0 saturated heterocycles. The topological polar surface area (TPSA) is 86.7 Å². The summed E-state index contributed by atoms with van der Waals surface area (Å²) < 4.78 is 5.03. The molecule has 5 rings (SSSR count). The number of hydrogen-bond acceptors (Lipinski definition) is 5. The first-order valence-corrected chi connectivity index (χ1v) is 12.2. The maximum absolute atomic E-state index is 13.4. The van der Waals surface area contributed by atoms with Crippen molar-refractivity contribution in [2.75, 3.05) is 5.32 Å². The molecule has 9 heteroatoms. The van der Waals surface area contributed by atoms with Crippen molar-refractivity contribution in [1.82, 2.24) is 23.9 Å². The molecule has 8 nitrogen and oxygen atoms in total. The first-order valence-electron chi connectivity index (χ1n) is 11.8. The lowest BCUT2D eigenvalue weighted by molar-refractivity contribution is 0.659. The van der Waals surface area contributed by atoms with E-state index in [1.54, 1.807) is 37.0 Å².